The minimum atomic E-state index is 0.417. The van der Waals surface area contributed by atoms with Gasteiger partial charge in [0.2, 0.25) is 0 Å². The van der Waals surface area contributed by atoms with Gasteiger partial charge in [-0.2, -0.15) is 0 Å². The molecule has 1 radical (unpaired) electrons. The average molecular weight is 128 g/mol. The van der Waals surface area contributed by atoms with Gasteiger partial charge in [0.05, 0.1) is 0 Å². The standard InChI is InChI=1S/C5H4ClN2/c1-4-2-7-3-8-5(4)6/h2-3H,1H2. The van der Waals surface area contributed by atoms with Crippen molar-refractivity contribution < 1.29 is 0 Å². The van der Waals surface area contributed by atoms with Crippen LogP contribution in [0.5, 0.6) is 0 Å². The maximum Gasteiger partial charge on any atom is 0.135 e. The number of halogens is 1. The van der Waals surface area contributed by atoms with Crippen molar-refractivity contribution in [3.8, 4) is 0 Å². The molecule has 0 aromatic carbocycles. The minimum Gasteiger partial charge on any atom is -0.244 e. The molecule has 0 aliphatic rings. The van der Waals surface area contributed by atoms with Crippen LogP contribution in [-0.2, 0) is 0 Å². The quantitative estimate of drug-likeness (QED) is 0.491. The van der Waals surface area contributed by atoms with Crippen LogP contribution in [0.2, 0.25) is 5.15 Å². The van der Waals surface area contributed by atoms with Gasteiger partial charge in [-0.1, -0.05) is 11.6 Å². The van der Waals surface area contributed by atoms with Gasteiger partial charge in [0.25, 0.3) is 0 Å². The number of nitrogens with zero attached hydrogens (tertiary/aromatic N) is 2. The highest BCUT2D eigenvalue weighted by Gasteiger charge is 1.89. The molecule has 0 unspecified atom stereocenters. The third-order valence-corrected chi connectivity index (χ3v) is 1.07. The van der Waals surface area contributed by atoms with Gasteiger partial charge < -0.3 is 0 Å². The molecule has 0 aliphatic heterocycles. The van der Waals surface area contributed by atoms with Crippen molar-refractivity contribution in [2.24, 2.45) is 0 Å². The van der Waals surface area contributed by atoms with Crippen molar-refractivity contribution in [2.45, 2.75) is 0 Å². The molecule has 8 heavy (non-hydrogen) atoms. The third kappa shape index (κ3) is 0.954. The normalized spacial score (nSPS) is 9.25. The van der Waals surface area contributed by atoms with Crippen molar-refractivity contribution in [1.29, 1.82) is 0 Å². The lowest BCUT2D eigenvalue weighted by molar-refractivity contribution is 1.15. The summed E-state index contributed by atoms with van der Waals surface area (Å²) in [4.78, 5) is 7.36. The van der Waals surface area contributed by atoms with E-state index in [0.717, 1.165) is 0 Å². The summed E-state index contributed by atoms with van der Waals surface area (Å²) in [7, 11) is 0. The van der Waals surface area contributed by atoms with Crippen LogP contribution in [0, 0.1) is 6.92 Å². The number of rotatable bonds is 0. The predicted octanol–water partition coefficient (Wildman–Crippen LogP) is 1.31. The van der Waals surface area contributed by atoms with E-state index in [1.54, 1.807) is 6.20 Å². The van der Waals surface area contributed by atoms with E-state index < -0.39 is 0 Å². The molecule has 3 heteroatoms. The summed E-state index contributed by atoms with van der Waals surface area (Å²) in [6, 6.07) is 0. The highest BCUT2D eigenvalue weighted by atomic mass is 35.5. The van der Waals surface area contributed by atoms with Crippen LogP contribution in [0.25, 0.3) is 0 Å². The fourth-order valence-corrected chi connectivity index (χ4v) is 0.436. The Morgan fingerprint density at radius 1 is 1.62 bits per heavy atom. The molecule has 2 nitrogen and oxygen atoms in total. The molecule has 0 saturated heterocycles. The zero-order chi connectivity index (χ0) is 5.98. The molecule has 0 N–H and O–H groups in total. The topological polar surface area (TPSA) is 25.8 Å². The predicted molar refractivity (Wildman–Crippen MR) is 31.5 cm³/mol. The first-order valence-corrected chi connectivity index (χ1v) is 2.46. The summed E-state index contributed by atoms with van der Waals surface area (Å²) < 4.78 is 0. The summed E-state index contributed by atoms with van der Waals surface area (Å²) in [5.41, 5.74) is 0.661. The van der Waals surface area contributed by atoms with Crippen molar-refractivity contribution in [2.75, 3.05) is 0 Å². The van der Waals surface area contributed by atoms with E-state index in [4.69, 9.17) is 11.6 Å². The maximum atomic E-state index is 5.50. The first-order valence-electron chi connectivity index (χ1n) is 2.08. The van der Waals surface area contributed by atoms with Crippen molar-refractivity contribution >= 4 is 11.6 Å². The molecular formula is C5H4ClN2. The van der Waals surface area contributed by atoms with E-state index in [1.165, 1.54) is 6.33 Å². The lowest BCUT2D eigenvalue weighted by atomic mass is 10.4. The molecule has 1 aromatic rings. The fraction of sp³-hybridized carbons (Fsp3) is 0. The SMILES string of the molecule is [CH2]c1cncnc1Cl. The van der Waals surface area contributed by atoms with Crippen LogP contribution in [0.3, 0.4) is 0 Å². The van der Waals surface area contributed by atoms with Gasteiger partial charge in [0, 0.05) is 11.8 Å². The minimum absolute atomic E-state index is 0.417. The molecule has 0 aliphatic carbocycles. The zero-order valence-corrected chi connectivity index (χ0v) is 4.89. The van der Waals surface area contributed by atoms with Gasteiger partial charge in [-0.15, -0.1) is 0 Å². The van der Waals surface area contributed by atoms with E-state index in [9.17, 15) is 0 Å². The molecule has 0 amide bonds. The van der Waals surface area contributed by atoms with Crippen molar-refractivity contribution in [1.82, 2.24) is 9.97 Å². The van der Waals surface area contributed by atoms with Crippen molar-refractivity contribution in [3.63, 3.8) is 0 Å². The van der Waals surface area contributed by atoms with E-state index in [2.05, 4.69) is 16.9 Å². The van der Waals surface area contributed by atoms with Gasteiger partial charge in [0.15, 0.2) is 0 Å². The lowest BCUT2D eigenvalue weighted by Crippen LogP contribution is -1.80. The molecule has 41 valence electrons. The largest absolute Gasteiger partial charge is 0.244 e. The Labute approximate surface area is 52.5 Å². The summed E-state index contributed by atoms with van der Waals surface area (Å²) in [6.07, 6.45) is 2.95. The fourth-order valence-electron chi connectivity index (χ4n) is 0.344. The molecule has 0 saturated carbocycles. The van der Waals surface area contributed by atoms with Crippen LogP contribution in [-0.4, -0.2) is 9.97 Å². The number of hydrogen-bond acceptors (Lipinski definition) is 2. The molecular weight excluding hydrogens is 124 g/mol. The van der Waals surface area contributed by atoms with Crippen molar-refractivity contribution in [3.05, 3.63) is 30.2 Å². The van der Waals surface area contributed by atoms with Crippen LogP contribution < -0.4 is 0 Å². The van der Waals surface area contributed by atoms with Crippen LogP contribution in [0.15, 0.2) is 12.5 Å². The molecule has 0 bridgehead atoms. The first-order chi connectivity index (χ1) is 3.80. The third-order valence-electron chi connectivity index (χ3n) is 0.733. The molecule has 1 rings (SSSR count). The Kier molecular flexibility index (Phi) is 1.44. The Morgan fingerprint density at radius 2 is 2.38 bits per heavy atom. The number of aromatic nitrogens is 2. The average Bonchev–Trinajstić information content (AvgIpc) is 1.77. The smallest absolute Gasteiger partial charge is 0.135 e. The van der Waals surface area contributed by atoms with Crippen LogP contribution >= 0.6 is 11.6 Å². The number of hydrogen-bond donors (Lipinski definition) is 0. The second-order valence-electron chi connectivity index (χ2n) is 1.34. The Hall–Kier alpha value is -0.630. The Balaban J connectivity index is 3.13. The molecule has 1 aromatic heterocycles. The van der Waals surface area contributed by atoms with E-state index in [0.29, 0.717) is 10.7 Å². The highest BCUT2D eigenvalue weighted by Crippen LogP contribution is 2.06. The summed E-state index contributed by atoms with van der Waals surface area (Å²) in [5, 5.41) is 0.417. The summed E-state index contributed by atoms with van der Waals surface area (Å²) >= 11 is 5.50. The van der Waals surface area contributed by atoms with E-state index >= 15 is 0 Å². The second kappa shape index (κ2) is 2.09. The summed E-state index contributed by atoms with van der Waals surface area (Å²) in [5.74, 6) is 0. The molecule has 0 fully saturated rings. The Morgan fingerprint density at radius 3 is 2.75 bits per heavy atom. The van der Waals surface area contributed by atoms with Gasteiger partial charge in [0.1, 0.15) is 11.5 Å². The van der Waals surface area contributed by atoms with Gasteiger partial charge in [-0.25, -0.2) is 9.97 Å². The van der Waals surface area contributed by atoms with Gasteiger partial charge >= 0.3 is 0 Å². The zero-order valence-electron chi connectivity index (χ0n) is 4.13. The molecule has 0 atom stereocenters. The maximum absolute atomic E-state index is 5.50. The van der Waals surface area contributed by atoms with Gasteiger partial charge in [-0.3, -0.25) is 0 Å². The van der Waals surface area contributed by atoms with Gasteiger partial charge in [-0.05, 0) is 6.92 Å². The van der Waals surface area contributed by atoms with Crippen LogP contribution in [0.4, 0.5) is 0 Å². The monoisotopic (exact) mass is 127 g/mol. The lowest BCUT2D eigenvalue weighted by Gasteiger charge is -1.88. The van der Waals surface area contributed by atoms with E-state index in [-0.39, 0.29) is 0 Å². The first kappa shape index (κ1) is 5.51. The molecule has 0 spiro atoms. The second-order valence-corrected chi connectivity index (χ2v) is 1.70. The Bertz CT molecular complexity index is 167. The summed E-state index contributed by atoms with van der Waals surface area (Å²) in [6.45, 7) is 3.56. The highest BCUT2D eigenvalue weighted by molar-refractivity contribution is 6.30. The van der Waals surface area contributed by atoms with E-state index in [1.807, 2.05) is 0 Å². The molecule has 1 heterocycles. The van der Waals surface area contributed by atoms with Crippen LogP contribution in [0.1, 0.15) is 5.56 Å².